The van der Waals surface area contributed by atoms with Gasteiger partial charge in [-0.25, -0.2) is 0 Å². The van der Waals surface area contributed by atoms with Crippen molar-refractivity contribution in [1.82, 2.24) is 10.2 Å². The highest BCUT2D eigenvalue weighted by Crippen LogP contribution is 2.11. The van der Waals surface area contributed by atoms with E-state index in [0.29, 0.717) is 6.42 Å². The zero-order valence-electron chi connectivity index (χ0n) is 19.7. The molecule has 2 N–H and O–H groups in total. The number of aliphatic hydroxyl groups is 1. The van der Waals surface area contributed by atoms with Crippen LogP contribution in [0.1, 0.15) is 104 Å². The fourth-order valence-corrected chi connectivity index (χ4v) is 3.97. The average Bonchev–Trinajstić information content (AvgIpc) is 2.77. The van der Waals surface area contributed by atoms with E-state index in [-0.39, 0.29) is 18.2 Å². The number of nitrogens with zero attached hydrogens (tertiary/aromatic N) is 1. The molecule has 0 spiro atoms. The number of aliphatic hydroxyl groups excluding tert-OH is 1. The second-order valence-electron chi connectivity index (χ2n) is 8.66. The summed E-state index contributed by atoms with van der Waals surface area (Å²) in [6, 6.07) is 0. The summed E-state index contributed by atoms with van der Waals surface area (Å²) in [6.45, 7) is 7.69. The lowest BCUT2D eigenvalue weighted by Gasteiger charge is -2.34. The highest BCUT2D eigenvalue weighted by molar-refractivity contribution is 5.76. The molecule has 1 unspecified atom stereocenters. The number of hydrogen-bond acceptors (Lipinski definition) is 4. The Kier molecular flexibility index (Phi) is 17.0. The van der Waals surface area contributed by atoms with E-state index in [4.69, 9.17) is 4.74 Å². The lowest BCUT2D eigenvalue weighted by Crippen LogP contribution is -2.51. The lowest BCUT2D eigenvalue weighted by molar-refractivity contribution is -0.124. The van der Waals surface area contributed by atoms with E-state index in [9.17, 15) is 9.90 Å². The van der Waals surface area contributed by atoms with Crippen LogP contribution >= 0.6 is 0 Å². The summed E-state index contributed by atoms with van der Waals surface area (Å²) in [5, 5.41) is 13.1. The fourth-order valence-electron chi connectivity index (χ4n) is 3.97. The number of morpholine rings is 1. The second kappa shape index (κ2) is 18.8. The van der Waals surface area contributed by atoms with Crippen molar-refractivity contribution >= 4 is 5.91 Å². The fraction of sp³-hybridized carbons (Fsp3) is 0.880. The van der Waals surface area contributed by atoms with Crippen LogP contribution < -0.4 is 5.32 Å². The van der Waals surface area contributed by atoms with Gasteiger partial charge < -0.3 is 15.2 Å². The molecule has 0 bridgehead atoms. The standard InChI is InChI=1S/C25H48N2O3/c1-3-5-6-13-16-23(28)17-14-11-9-7-8-10-12-15-18-25(29)26-24(4-2)27-19-21-30-22-20-27/h11,14,23-24,28H,3-10,12-13,15-22H2,1-2H3,(H,26,29)/t23-,24?/m1/s1. The molecule has 1 rings (SSSR count). The van der Waals surface area contributed by atoms with E-state index in [1.165, 1.54) is 38.5 Å². The lowest BCUT2D eigenvalue weighted by atomic mass is 10.1. The molecular formula is C25H48N2O3. The van der Waals surface area contributed by atoms with E-state index >= 15 is 0 Å². The number of carbonyl (C=O) groups is 1. The normalized spacial score (nSPS) is 17.3. The molecule has 1 heterocycles. The van der Waals surface area contributed by atoms with Crippen molar-refractivity contribution in [3.63, 3.8) is 0 Å². The van der Waals surface area contributed by atoms with Gasteiger partial charge in [-0.15, -0.1) is 0 Å². The second-order valence-corrected chi connectivity index (χ2v) is 8.66. The van der Waals surface area contributed by atoms with Crippen LogP contribution in [-0.2, 0) is 9.53 Å². The van der Waals surface area contributed by atoms with E-state index in [0.717, 1.165) is 71.2 Å². The van der Waals surface area contributed by atoms with Crippen LogP contribution in [0, 0.1) is 0 Å². The summed E-state index contributed by atoms with van der Waals surface area (Å²) < 4.78 is 5.39. The highest BCUT2D eigenvalue weighted by Gasteiger charge is 2.20. The Balaban J connectivity index is 1.94. The molecule has 0 aromatic carbocycles. The van der Waals surface area contributed by atoms with E-state index in [1.54, 1.807) is 0 Å². The average molecular weight is 425 g/mol. The van der Waals surface area contributed by atoms with Crippen LogP contribution in [0.4, 0.5) is 0 Å². The Morgan fingerprint density at radius 3 is 2.43 bits per heavy atom. The molecule has 30 heavy (non-hydrogen) atoms. The molecule has 1 saturated heterocycles. The first-order chi connectivity index (χ1) is 14.7. The van der Waals surface area contributed by atoms with Gasteiger partial charge in [0.15, 0.2) is 0 Å². The van der Waals surface area contributed by atoms with Gasteiger partial charge in [-0.3, -0.25) is 9.69 Å². The largest absolute Gasteiger partial charge is 0.393 e. The molecule has 5 heteroatoms. The number of rotatable bonds is 18. The Hall–Kier alpha value is -0.910. The van der Waals surface area contributed by atoms with Crippen molar-refractivity contribution in [3.05, 3.63) is 12.2 Å². The van der Waals surface area contributed by atoms with Gasteiger partial charge >= 0.3 is 0 Å². The number of ether oxygens (including phenoxy) is 1. The first kappa shape index (κ1) is 27.1. The Morgan fingerprint density at radius 1 is 1.00 bits per heavy atom. The van der Waals surface area contributed by atoms with Crippen LogP contribution in [0.5, 0.6) is 0 Å². The smallest absolute Gasteiger partial charge is 0.221 e. The monoisotopic (exact) mass is 424 g/mol. The van der Waals surface area contributed by atoms with E-state index < -0.39 is 0 Å². The van der Waals surface area contributed by atoms with E-state index in [1.807, 2.05) is 0 Å². The Bertz CT molecular complexity index is 436. The molecule has 176 valence electrons. The maximum absolute atomic E-state index is 12.2. The van der Waals surface area contributed by atoms with E-state index in [2.05, 4.69) is 36.2 Å². The molecule has 2 atom stereocenters. The Morgan fingerprint density at radius 2 is 1.70 bits per heavy atom. The molecule has 1 fully saturated rings. The van der Waals surface area contributed by atoms with Gasteiger partial charge in [-0.05, 0) is 38.5 Å². The summed E-state index contributed by atoms with van der Waals surface area (Å²) in [5.41, 5.74) is 0. The number of amides is 1. The highest BCUT2D eigenvalue weighted by atomic mass is 16.5. The minimum atomic E-state index is -0.167. The van der Waals surface area contributed by atoms with Crippen molar-refractivity contribution in [2.45, 2.75) is 116 Å². The molecule has 1 aliphatic rings. The molecule has 1 aliphatic heterocycles. The maximum Gasteiger partial charge on any atom is 0.221 e. The third-order valence-electron chi connectivity index (χ3n) is 5.94. The first-order valence-electron chi connectivity index (χ1n) is 12.6. The molecule has 0 aliphatic carbocycles. The number of allylic oxidation sites excluding steroid dienone is 1. The molecule has 0 aromatic heterocycles. The van der Waals surface area contributed by atoms with Crippen LogP contribution in [0.2, 0.25) is 0 Å². The molecule has 0 saturated carbocycles. The zero-order valence-corrected chi connectivity index (χ0v) is 19.7. The van der Waals surface area contributed by atoms with Gasteiger partial charge in [0.05, 0.1) is 25.5 Å². The SMILES string of the molecule is CCCCCC[C@@H](O)CC=CCCCCCCCC(=O)NC(CC)N1CCOCC1. The number of nitrogens with one attached hydrogen (secondary N) is 1. The zero-order chi connectivity index (χ0) is 21.9. The first-order valence-corrected chi connectivity index (χ1v) is 12.6. The number of carbonyl (C=O) groups excluding carboxylic acids is 1. The number of unbranched alkanes of at least 4 members (excludes halogenated alkanes) is 8. The summed E-state index contributed by atoms with van der Waals surface area (Å²) in [7, 11) is 0. The summed E-state index contributed by atoms with van der Waals surface area (Å²) in [4.78, 5) is 14.5. The Labute approximate surface area is 185 Å². The molecular weight excluding hydrogens is 376 g/mol. The van der Waals surface area contributed by atoms with Crippen molar-refractivity contribution in [1.29, 1.82) is 0 Å². The maximum atomic E-state index is 12.2. The minimum Gasteiger partial charge on any atom is -0.393 e. The van der Waals surface area contributed by atoms with Crippen LogP contribution in [0.15, 0.2) is 12.2 Å². The molecule has 0 aromatic rings. The topological polar surface area (TPSA) is 61.8 Å². The molecule has 5 nitrogen and oxygen atoms in total. The minimum absolute atomic E-state index is 0.156. The van der Waals surface area contributed by atoms with Gasteiger partial charge in [-0.1, -0.05) is 70.9 Å². The van der Waals surface area contributed by atoms with Gasteiger partial charge in [0.25, 0.3) is 0 Å². The van der Waals surface area contributed by atoms with Crippen molar-refractivity contribution in [2.75, 3.05) is 26.3 Å². The quantitative estimate of drug-likeness (QED) is 0.235. The van der Waals surface area contributed by atoms with Gasteiger partial charge in [-0.2, -0.15) is 0 Å². The number of hydrogen-bond donors (Lipinski definition) is 2. The molecule has 1 amide bonds. The predicted octanol–water partition coefficient (Wildman–Crippen LogP) is 5.18. The van der Waals surface area contributed by atoms with Crippen LogP contribution in [0.3, 0.4) is 0 Å². The predicted molar refractivity (Wildman–Crippen MR) is 125 cm³/mol. The van der Waals surface area contributed by atoms with Gasteiger partial charge in [0.2, 0.25) is 5.91 Å². The van der Waals surface area contributed by atoms with Gasteiger partial charge in [0.1, 0.15) is 0 Å². The molecule has 0 radical (unpaired) electrons. The van der Waals surface area contributed by atoms with Crippen LogP contribution in [0.25, 0.3) is 0 Å². The van der Waals surface area contributed by atoms with Gasteiger partial charge in [0, 0.05) is 19.5 Å². The summed E-state index contributed by atoms with van der Waals surface area (Å²) in [5.74, 6) is 0.185. The summed E-state index contributed by atoms with van der Waals surface area (Å²) in [6.07, 6.45) is 19.4. The van der Waals surface area contributed by atoms with Crippen molar-refractivity contribution in [3.8, 4) is 0 Å². The van der Waals surface area contributed by atoms with Crippen molar-refractivity contribution in [2.24, 2.45) is 0 Å². The van der Waals surface area contributed by atoms with Crippen molar-refractivity contribution < 1.29 is 14.6 Å². The third-order valence-corrected chi connectivity index (χ3v) is 5.94. The summed E-state index contributed by atoms with van der Waals surface area (Å²) >= 11 is 0. The van der Waals surface area contributed by atoms with Crippen LogP contribution in [-0.4, -0.2) is 54.5 Å². The third kappa shape index (κ3) is 14.2.